The summed E-state index contributed by atoms with van der Waals surface area (Å²) in [6.45, 7) is 14.1. The Balaban J connectivity index is 2.49. The van der Waals surface area contributed by atoms with Gasteiger partial charge in [-0.15, -0.1) is 0 Å². The van der Waals surface area contributed by atoms with Gasteiger partial charge in [-0.3, -0.25) is 9.80 Å². The maximum atomic E-state index is 2.57. The lowest BCUT2D eigenvalue weighted by atomic mass is 10.1. The number of piperazine rings is 1. The zero-order chi connectivity index (χ0) is 9.14. The third-order valence-corrected chi connectivity index (χ3v) is 3.06. The third kappa shape index (κ3) is 1.99. The van der Waals surface area contributed by atoms with Gasteiger partial charge in [0.1, 0.15) is 0 Å². The minimum absolute atomic E-state index is 0.742. The minimum atomic E-state index is 0.742. The number of hydrogen-bond acceptors (Lipinski definition) is 2. The quantitative estimate of drug-likeness (QED) is 0.618. The standard InChI is InChI=1S/C10H22N2/c1-5-11-7-10(4)12(6-2)8-9(11)3/h9-10H,5-8H2,1-4H3. The Labute approximate surface area is 76.5 Å². The summed E-state index contributed by atoms with van der Waals surface area (Å²) in [5, 5.41) is 0. The molecule has 0 aromatic carbocycles. The molecule has 0 aliphatic carbocycles. The molecule has 0 aromatic rings. The van der Waals surface area contributed by atoms with Crippen molar-refractivity contribution >= 4 is 0 Å². The van der Waals surface area contributed by atoms with Crippen molar-refractivity contribution in [1.82, 2.24) is 9.80 Å². The molecule has 0 aromatic heterocycles. The molecule has 0 bridgehead atoms. The average Bonchev–Trinajstić information content (AvgIpc) is 2.08. The number of nitrogens with zero attached hydrogens (tertiary/aromatic N) is 2. The Morgan fingerprint density at radius 2 is 1.25 bits per heavy atom. The summed E-state index contributed by atoms with van der Waals surface area (Å²) in [4.78, 5) is 5.13. The lowest BCUT2D eigenvalue weighted by Crippen LogP contribution is -2.55. The Morgan fingerprint density at radius 1 is 0.917 bits per heavy atom. The van der Waals surface area contributed by atoms with E-state index in [4.69, 9.17) is 0 Å². The summed E-state index contributed by atoms with van der Waals surface area (Å²) in [7, 11) is 0. The molecule has 0 amide bonds. The van der Waals surface area contributed by atoms with Crippen LogP contribution in [0.1, 0.15) is 27.7 Å². The topological polar surface area (TPSA) is 6.48 Å². The monoisotopic (exact) mass is 170 g/mol. The van der Waals surface area contributed by atoms with Gasteiger partial charge < -0.3 is 0 Å². The van der Waals surface area contributed by atoms with E-state index in [2.05, 4.69) is 37.5 Å². The Hall–Kier alpha value is -0.0800. The van der Waals surface area contributed by atoms with E-state index in [0.717, 1.165) is 12.1 Å². The van der Waals surface area contributed by atoms with Crippen LogP contribution < -0.4 is 0 Å². The van der Waals surface area contributed by atoms with Crippen LogP contribution in [0.15, 0.2) is 0 Å². The highest BCUT2D eigenvalue weighted by Gasteiger charge is 2.26. The molecule has 12 heavy (non-hydrogen) atoms. The van der Waals surface area contributed by atoms with E-state index in [1.807, 2.05) is 0 Å². The van der Waals surface area contributed by atoms with Crippen molar-refractivity contribution in [2.24, 2.45) is 0 Å². The molecule has 0 N–H and O–H groups in total. The van der Waals surface area contributed by atoms with Gasteiger partial charge in [-0.1, -0.05) is 13.8 Å². The van der Waals surface area contributed by atoms with Gasteiger partial charge in [0.2, 0.25) is 0 Å². The number of hydrogen-bond donors (Lipinski definition) is 0. The van der Waals surface area contributed by atoms with Crippen LogP contribution in [0.4, 0.5) is 0 Å². The molecule has 2 atom stereocenters. The molecular formula is C10H22N2. The highest BCUT2D eigenvalue weighted by Crippen LogP contribution is 2.13. The van der Waals surface area contributed by atoms with E-state index in [9.17, 15) is 0 Å². The van der Waals surface area contributed by atoms with Gasteiger partial charge >= 0.3 is 0 Å². The largest absolute Gasteiger partial charge is 0.298 e. The summed E-state index contributed by atoms with van der Waals surface area (Å²) in [5.74, 6) is 0. The van der Waals surface area contributed by atoms with Gasteiger partial charge in [0.05, 0.1) is 0 Å². The molecule has 0 spiro atoms. The van der Waals surface area contributed by atoms with Crippen LogP contribution in [0.5, 0.6) is 0 Å². The fourth-order valence-corrected chi connectivity index (χ4v) is 2.15. The maximum Gasteiger partial charge on any atom is 0.0195 e. The van der Waals surface area contributed by atoms with Crippen molar-refractivity contribution < 1.29 is 0 Å². The molecule has 2 heteroatoms. The van der Waals surface area contributed by atoms with Crippen molar-refractivity contribution in [2.75, 3.05) is 26.2 Å². The molecular weight excluding hydrogens is 148 g/mol. The van der Waals surface area contributed by atoms with E-state index in [1.54, 1.807) is 0 Å². The minimum Gasteiger partial charge on any atom is -0.298 e. The first-order valence-corrected chi connectivity index (χ1v) is 5.17. The number of rotatable bonds is 2. The fourth-order valence-electron chi connectivity index (χ4n) is 2.15. The van der Waals surface area contributed by atoms with Crippen LogP contribution in [0, 0.1) is 0 Å². The second kappa shape index (κ2) is 4.24. The van der Waals surface area contributed by atoms with Crippen LogP contribution in [0.3, 0.4) is 0 Å². The third-order valence-electron chi connectivity index (χ3n) is 3.06. The summed E-state index contributed by atoms with van der Waals surface area (Å²) < 4.78 is 0. The lowest BCUT2D eigenvalue weighted by molar-refractivity contribution is 0.0501. The molecule has 1 aliphatic rings. The SMILES string of the molecule is CCN1CC(C)N(CC)CC1C. The predicted octanol–water partition coefficient (Wildman–Crippen LogP) is 1.42. The van der Waals surface area contributed by atoms with Crippen LogP contribution in [0.25, 0.3) is 0 Å². The zero-order valence-corrected chi connectivity index (χ0v) is 8.88. The first-order chi connectivity index (χ1) is 5.69. The Morgan fingerprint density at radius 3 is 1.50 bits per heavy atom. The summed E-state index contributed by atoms with van der Waals surface area (Å²) >= 11 is 0. The Kier molecular flexibility index (Phi) is 3.53. The Bertz CT molecular complexity index is 120. The lowest BCUT2D eigenvalue weighted by Gasteiger charge is -2.43. The van der Waals surface area contributed by atoms with Gasteiger partial charge in [-0.25, -0.2) is 0 Å². The fraction of sp³-hybridized carbons (Fsp3) is 1.00. The summed E-state index contributed by atoms with van der Waals surface area (Å²) in [6, 6.07) is 1.48. The molecule has 0 saturated carbocycles. The average molecular weight is 170 g/mol. The van der Waals surface area contributed by atoms with E-state index < -0.39 is 0 Å². The van der Waals surface area contributed by atoms with Crippen molar-refractivity contribution in [3.05, 3.63) is 0 Å². The van der Waals surface area contributed by atoms with E-state index in [-0.39, 0.29) is 0 Å². The van der Waals surface area contributed by atoms with Gasteiger partial charge in [0.15, 0.2) is 0 Å². The van der Waals surface area contributed by atoms with Crippen molar-refractivity contribution in [1.29, 1.82) is 0 Å². The summed E-state index contributed by atoms with van der Waals surface area (Å²) in [6.07, 6.45) is 0. The molecule has 72 valence electrons. The first kappa shape index (κ1) is 10.0. The van der Waals surface area contributed by atoms with E-state index in [0.29, 0.717) is 0 Å². The second-order valence-electron chi connectivity index (χ2n) is 3.87. The van der Waals surface area contributed by atoms with Crippen molar-refractivity contribution in [3.63, 3.8) is 0 Å². The van der Waals surface area contributed by atoms with Crippen LogP contribution >= 0.6 is 0 Å². The van der Waals surface area contributed by atoms with Gasteiger partial charge in [0.25, 0.3) is 0 Å². The van der Waals surface area contributed by atoms with Crippen LogP contribution in [-0.2, 0) is 0 Å². The molecule has 1 saturated heterocycles. The predicted molar refractivity (Wildman–Crippen MR) is 53.4 cm³/mol. The maximum absolute atomic E-state index is 2.57. The van der Waals surface area contributed by atoms with E-state index in [1.165, 1.54) is 26.2 Å². The molecule has 1 heterocycles. The molecule has 1 fully saturated rings. The first-order valence-electron chi connectivity index (χ1n) is 5.17. The van der Waals surface area contributed by atoms with E-state index >= 15 is 0 Å². The summed E-state index contributed by atoms with van der Waals surface area (Å²) in [5.41, 5.74) is 0. The second-order valence-corrected chi connectivity index (χ2v) is 3.87. The smallest absolute Gasteiger partial charge is 0.0195 e. The van der Waals surface area contributed by atoms with Gasteiger partial charge in [-0.05, 0) is 26.9 Å². The molecule has 0 radical (unpaired) electrons. The molecule has 2 unspecified atom stereocenters. The number of likely N-dealkylation sites (N-methyl/N-ethyl adjacent to an activating group) is 2. The van der Waals surface area contributed by atoms with Crippen LogP contribution in [0.2, 0.25) is 0 Å². The normalized spacial score (nSPS) is 34.0. The van der Waals surface area contributed by atoms with Crippen molar-refractivity contribution in [2.45, 2.75) is 39.8 Å². The highest BCUT2D eigenvalue weighted by molar-refractivity contribution is 4.82. The van der Waals surface area contributed by atoms with Gasteiger partial charge in [0, 0.05) is 25.2 Å². The molecule has 1 aliphatic heterocycles. The highest BCUT2D eigenvalue weighted by atomic mass is 15.3. The molecule has 2 nitrogen and oxygen atoms in total. The van der Waals surface area contributed by atoms with Crippen molar-refractivity contribution in [3.8, 4) is 0 Å². The van der Waals surface area contributed by atoms with Gasteiger partial charge in [-0.2, -0.15) is 0 Å². The molecule has 1 rings (SSSR count). The zero-order valence-electron chi connectivity index (χ0n) is 8.88. The van der Waals surface area contributed by atoms with Crippen LogP contribution in [-0.4, -0.2) is 48.1 Å².